The maximum absolute atomic E-state index is 12.6. The number of benzene rings is 1. The number of nitrogens with one attached hydrogen (secondary N) is 2. The molecule has 1 aromatic rings. The van der Waals surface area contributed by atoms with Crippen LogP contribution < -0.4 is 20.1 Å². The fourth-order valence-corrected chi connectivity index (χ4v) is 3.07. The minimum absolute atomic E-state index is 0.171. The standard InChI is InChI=1S/C16H22N2O3/c1-2-16(5-7-17-8-6-16)15(19)18-10-12-3-4-13-14(9-12)21-11-20-13/h3-4,9,17H,2,5-8,10-11H2,1H3,(H,18,19). The summed E-state index contributed by atoms with van der Waals surface area (Å²) in [4.78, 5) is 12.6. The van der Waals surface area contributed by atoms with Crippen LogP contribution in [0.5, 0.6) is 11.5 Å². The molecule has 0 spiro atoms. The third-order valence-corrected chi connectivity index (χ3v) is 4.61. The molecule has 114 valence electrons. The summed E-state index contributed by atoms with van der Waals surface area (Å²) >= 11 is 0. The van der Waals surface area contributed by atoms with E-state index in [9.17, 15) is 4.79 Å². The third kappa shape index (κ3) is 2.83. The van der Waals surface area contributed by atoms with E-state index in [0.717, 1.165) is 49.4 Å². The summed E-state index contributed by atoms with van der Waals surface area (Å²) in [5, 5.41) is 6.41. The predicted molar refractivity (Wildman–Crippen MR) is 79.2 cm³/mol. The molecule has 1 saturated heterocycles. The molecular formula is C16H22N2O3. The first-order valence-corrected chi connectivity index (χ1v) is 7.61. The molecule has 0 aromatic heterocycles. The first-order valence-electron chi connectivity index (χ1n) is 7.61. The lowest BCUT2D eigenvalue weighted by molar-refractivity contribution is -0.133. The first kappa shape index (κ1) is 14.2. The Labute approximate surface area is 125 Å². The average molecular weight is 290 g/mol. The Morgan fingerprint density at radius 3 is 2.81 bits per heavy atom. The van der Waals surface area contributed by atoms with E-state index >= 15 is 0 Å². The summed E-state index contributed by atoms with van der Waals surface area (Å²) < 4.78 is 10.7. The van der Waals surface area contributed by atoms with Gasteiger partial charge in [0.05, 0.1) is 5.41 Å². The highest BCUT2D eigenvalue weighted by Crippen LogP contribution is 2.34. The zero-order valence-corrected chi connectivity index (χ0v) is 12.4. The quantitative estimate of drug-likeness (QED) is 0.888. The SMILES string of the molecule is CCC1(C(=O)NCc2ccc3c(c2)OCO3)CCNCC1. The third-order valence-electron chi connectivity index (χ3n) is 4.61. The number of ether oxygens (including phenoxy) is 2. The molecule has 1 aromatic carbocycles. The molecule has 21 heavy (non-hydrogen) atoms. The Morgan fingerprint density at radius 1 is 1.29 bits per heavy atom. The van der Waals surface area contributed by atoms with Crippen molar-refractivity contribution in [1.29, 1.82) is 0 Å². The van der Waals surface area contributed by atoms with E-state index in [-0.39, 0.29) is 18.1 Å². The van der Waals surface area contributed by atoms with E-state index in [2.05, 4.69) is 17.6 Å². The zero-order chi connectivity index (χ0) is 14.7. The van der Waals surface area contributed by atoms with Crippen LogP contribution in [0, 0.1) is 5.41 Å². The van der Waals surface area contributed by atoms with Gasteiger partial charge in [0.2, 0.25) is 12.7 Å². The summed E-state index contributed by atoms with van der Waals surface area (Å²) in [6.07, 6.45) is 2.72. The molecule has 5 nitrogen and oxygen atoms in total. The van der Waals surface area contributed by atoms with Gasteiger partial charge in [-0.1, -0.05) is 13.0 Å². The number of hydrogen-bond acceptors (Lipinski definition) is 4. The van der Waals surface area contributed by atoms with Crippen LogP contribution in [0.3, 0.4) is 0 Å². The van der Waals surface area contributed by atoms with Gasteiger partial charge in [-0.2, -0.15) is 0 Å². The fraction of sp³-hybridized carbons (Fsp3) is 0.562. The summed E-state index contributed by atoms with van der Waals surface area (Å²) in [6.45, 7) is 4.75. The van der Waals surface area contributed by atoms with Crippen LogP contribution in [0.1, 0.15) is 31.7 Å². The lowest BCUT2D eigenvalue weighted by atomic mass is 9.76. The number of piperidine rings is 1. The Morgan fingerprint density at radius 2 is 2.05 bits per heavy atom. The van der Waals surface area contributed by atoms with Crippen LogP contribution in [-0.2, 0) is 11.3 Å². The van der Waals surface area contributed by atoms with Crippen molar-refractivity contribution in [2.75, 3.05) is 19.9 Å². The van der Waals surface area contributed by atoms with Gasteiger partial charge in [-0.15, -0.1) is 0 Å². The van der Waals surface area contributed by atoms with Crippen molar-refractivity contribution in [3.63, 3.8) is 0 Å². The van der Waals surface area contributed by atoms with Crippen LogP contribution in [0.2, 0.25) is 0 Å². The van der Waals surface area contributed by atoms with Gasteiger partial charge < -0.3 is 20.1 Å². The minimum Gasteiger partial charge on any atom is -0.454 e. The second-order valence-electron chi connectivity index (χ2n) is 5.75. The van der Waals surface area contributed by atoms with Gasteiger partial charge in [0.25, 0.3) is 0 Å². The second kappa shape index (κ2) is 5.93. The highest BCUT2D eigenvalue weighted by molar-refractivity contribution is 5.82. The van der Waals surface area contributed by atoms with Crippen molar-refractivity contribution in [3.05, 3.63) is 23.8 Å². The summed E-state index contributed by atoms with van der Waals surface area (Å²) in [7, 11) is 0. The number of carbonyl (C=O) groups is 1. The van der Waals surface area contributed by atoms with E-state index in [4.69, 9.17) is 9.47 Å². The first-order chi connectivity index (χ1) is 10.2. The van der Waals surface area contributed by atoms with E-state index < -0.39 is 0 Å². The molecule has 3 rings (SSSR count). The number of amides is 1. The Kier molecular flexibility index (Phi) is 4.01. The van der Waals surface area contributed by atoms with Crippen LogP contribution in [0.25, 0.3) is 0 Å². The number of carbonyl (C=O) groups excluding carboxylic acids is 1. The molecule has 0 bridgehead atoms. The van der Waals surface area contributed by atoms with Crippen molar-refractivity contribution in [3.8, 4) is 11.5 Å². The normalized spacial score (nSPS) is 19.3. The van der Waals surface area contributed by atoms with Crippen molar-refractivity contribution in [2.45, 2.75) is 32.7 Å². The van der Waals surface area contributed by atoms with Gasteiger partial charge in [-0.3, -0.25) is 4.79 Å². The number of hydrogen-bond donors (Lipinski definition) is 2. The van der Waals surface area contributed by atoms with E-state index in [1.54, 1.807) is 0 Å². The molecule has 1 amide bonds. The van der Waals surface area contributed by atoms with Crippen molar-refractivity contribution < 1.29 is 14.3 Å². The minimum atomic E-state index is -0.207. The van der Waals surface area contributed by atoms with Gasteiger partial charge in [0.15, 0.2) is 11.5 Å². The van der Waals surface area contributed by atoms with Crippen LogP contribution >= 0.6 is 0 Å². The van der Waals surface area contributed by atoms with Gasteiger partial charge in [-0.05, 0) is 50.0 Å². The molecular weight excluding hydrogens is 268 g/mol. The predicted octanol–water partition coefficient (Wildman–Crippen LogP) is 1.81. The summed E-state index contributed by atoms with van der Waals surface area (Å²) in [5.74, 6) is 1.70. The molecule has 5 heteroatoms. The molecule has 1 fully saturated rings. The second-order valence-corrected chi connectivity index (χ2v) is 5.75. The maximum atomic E-state index is 12.6. The summed E-state index contributed by atoms with van der Waals surface area (Å²) in [6, 6.07) is 5.79. The average Bonchev–Trinajstić information content (AvgIpc) is 3.00. The highest BCUT2D eigenvalue weighted by atomic mass is 16.7. The molecule has 2 N–H and O–H groups in total. The number of rotatable bonds is 4. The lowest BCUT2D eigenvalue weighted by Crippen LogP contribution is -2.47. The molecule has 0 aliphatic carbocycles. The molecule has 0 unspecified atom stereocenters. The number of fused-ring (bicyclic) bond motifs is 1. The van der Waals surface area contributed by atoms with Gasteiger partial charge in [-0.25, -0.2) is 0 Å². The lowest BCUT2D eigenvalue weighted by Gasteiger charge is -2.35. The Hall–Kier alpha value is -1.75. The van der Waals surface area contributed by atoms with Gasteiger partial charge in [0.1, 0.15) is 0 Å². The summed E-state index contributed by atoms with van der Waals surface area (Å²) in [5.41, 5.74) is 0.828. The largest absolute Gasteiger partial charge is 0.454 e. The molecule has 2 aliphatic rings. The monoisotopic (exact) mass is 290 g/mol. The van der Waals surface area contributed by atoms with Crippen molar-refractivity contribution >= 4 is 5.91 Å². The van der Waals surface area contributed by atoms with E-state index in [0.29, 0.717) is 6.54 Å². The molecule has 2 aliphatic heterocycles. The zero-order valence-electron chi connectivity index (χ0n) is 12.4. The topological polar surface area (TPSA) is 59.6 Å². The highest BCUT2D eigenvalue weighted by Gasteiger charge is 2.37. The van der Waals surface area contributed by atoms with Crippen LogP contribution in [0.4, 0.5) is 0 Å². The van der Waals surface area contributed by atoms with Crippen LogP contribution in [-0.4, -0.2) is 25.8 Å². The smallest absolute Gasteiger partial charge is 0.231 e. The molecule has 2 heterocycles. The molecule has 0 saturated carbocycles. The van der Waals surface area contributed by atoms with Crippen molar-refractivity contribution in [2.24, 2.45) is 5.41 Å². The van der Waals surface area contributed by atoms with Gasteiger partial charge >= 0.3 is 0 Å². The fourth-order valence-electron chi connectivity index (χ4n) is 3.07. The van der Waals surface area contributed by atoms with Crippen LogP contribution in [0.15, 0.2) is 18.2 Å². The van der Waals surface area contributed by atoms with Crippen molar-refractivity contribution in [1.82, 2.24) is 10.6 Å². The molecule has 0 radical (unpaired) electrons. The Balaban J connectivity index is 1.62. The Bertz CT molecular complexity index is 524. The maximum Gasteiger partial charge on any atom is 0.231 e. The van der Waals surface area contributed by atoms with E-state index in [1.807, 2.05) is 18.2 Å². The van der Waals surface area contributed by atoms with Gasteiger partial charge in [0, 0.05) is 6.54 Å². The van der Waals surface area contributed by atoms with E-state index in [1.165, 1.54) is 0 Å². The molecule has 0 atom stereocenters.